The molecular formula is C25H27N9O2. The zero-order chi connectivity index (χ0) is 24.6. The Labute approximate surface area is 206 Å². The number of anilines is 2. The Morgan fingerprint density at radius 1 is 1.17 bits per heavy atom. The molecule has 1 aliphatic heterocycles. The Hall–Kier alpha value is -4.25. The largest absolute Gasteiger partial charge is 0.378 e. The molecule has 1 atom stereocenters. The zero-order valence-electron chi connectivity index (χ0n) is 20.2. The Balaban J connectivity index is 1.48. The fourth-order valence-corrected chi connectivity index (χ4v) is 4.55. The van der Waals surface area contributed by atoms with Crippen LogP contribution < -0.4 is 15.8 Å². The number of fused-ring (bicyclic) bond motifs is 2. The van der Waals surface area contributed by atoms with Crippen LogP contribution in [-0.4, -0.2) is 61.0 Å². The van der Waals surface area contributed by atoms with Crippen molar-refractivity contribution in [3.63, 3.8) is 0 Å². The molecule has 0 unspecified atom stereocenters. The van der Waals surface area contributed by atoms with Crippen molar-refractivity contribution in [2.45, 2.75) is 26.4 Å². The lowest BCUT2D eigenvalue weighted by atomic mass is 10.1. The second-order valence-electron chi connectivity index (χ2n) is 8.82. The summed E-state index contributed by atoms with van der Waals surface area (Å²) in [4.78, 5) is 35.7. The summed E-state index contributed by atoms with van der Waals surface area (Å²) in [5.74, 6) is 1.31. The summed E-state index contributed by atoms with van der Waals surface area (Å²) in [6.07, 6.45) is 5.34. The first-order valence-corrected chi connectivity index (χ1v) is 12.1. The summed E-state index contributed by atoms with van der Waals surface area (Å²) in [5, 5.41) is 8.22. The molecule has 0 bridgehead atoms. The first-order chi connectivity index (χ1) is 17.6. The maximum absolute atomic E-state index is 13.4. The van der Waals surface area contributed by atoms with E-state index in [1.807, 2.05) is 44.3 Å². The smallest absolute Gasteiger partial charge is 0.261 e. The summed E-state index contributed by atoms with van der Waals surface area (Å²) in [7, 11) is 0. The van der Waals surface area contributed by atoms with E-state index in [4.69, 9.17) is 14.8 Å². The Morgan fingerprint density at radius 3 is 2.81 bits per heavy atom. The molecule has 5 aromatic rings. The van der Waals surface area contributed by atoms with Gasteiger partial charge in [0.1, 0.15) is 28.2 Å². The molecule has 184 valence electrons. The number of pyridine rings is 3. The number of nitrogens with zero attached hydrogens (tertiary/aromatic N) is 6. The van der Waals surface area contributed by atoms with Gasteiger partial charge in [-0.05, 0) is 26.0 Å². The standard InChI is InChI=1S/C25H27N9O2/c1-3-34-14-19-22(32-34)23(28-15(2)16-6-4-5-7-26-16)21(25(35)31-19)24-29-17-12-20(27-13-18(17)30-24)33-8-10-36-11-9-33/h4-7,12-15,28H,3,8-11H2,1-2H3,(H,29,30)(H,31,35)/t15-/m0/s1. The molecule has 0 amide bonds. The van der Waals surface area contributed by atoms with Crippen molar-refractivity contribution in [3.8, 4) is 11.4 Å². The van der Waals surface area contributed by atoms with Gasteiger partial charge in [0.25, 0.3) is 5.56 Å². The molecule has 6 rings (SSSR count). The van der Waals surface area contributed by atoms with E-state index < -0.39 is 0 Å². The van der Waals surface area contributed by atoms with E-state index in [0.717, 1.165) is 30.1 Å². The second kappa shape index (κ2) is 9.08. The minimum atomic E-state index is -0.255. The monoisotopic (exact) mass is 485 g/mol. The van der Waals surface area contributed by atoms with Crippen LogP contribution in [0.4, 0.5) is 11.5 Å². The van der Waals surface area contributed by atoms with Crippen LogP contribution in [-0.2, 0) is 11.3 Å². The Bertz CT molecular complexity index is 1580. The van der Waals surface area contributed by atoms with Gasteiger partial charge in [-0.1, -0.05) is 6.07 Å². The Kier molecular flexibility index (Phi) is 5.61. The van der Waals surface area contributed by atoms with E-state index >= 15 is 0 Å². The number of morpholine rings is 1. The lowest BCUT2D eigenvalue weighted by molar-refractivity contribution is 0.122. The molecule has 1 aliphatic rings. The van der Waals surface area contributed by atoms with Crippen molar-refractivity contribution in [2.75, 3.05) is 36.5 Å². The van der Waals surface area contributed by atoms with Crippen LogP contribution in [0.15, 0.2) is 47.7 Å². The third-order valence-electron chi connectivity index (χ3n) is 6.47. The number of imidazole rings is 1. The first-order valence-electron chi connectivity index (χ1n) is 12.1. The highest BCUT2D eigenvalue weighted by molar-refractivity contribution is 5.96. The third kappa shape index (κ3) is 3.97. The molecule has 36 heavy (non-hydrogen) atoms. The summed E-state index contributed by atoms with van der Waals surface area (Å²) in [6, 6.07) is 7.58. The molecule has 11 nitrogen and oxygen atoms in total. The number of aromatic nitrogens is 7. The quantitative estimate of drug-likeness (QED) is 0.335. The predicted octanol–water partition coefficient (Wildman–Crippen LogP) is 3.09. The summed E-state index contributed by atoms with van der Waals surface area (Å²) < 4.78 is 7.26. The van der Waals surface area contributed by atoms with Crippen molar-refractivity contribution < 1.29 is 4.74 Å². The van der Waals surface area contributed by atoms with Crippen LogP contribution in [0, 0.1) is 0 Å². The normalized spacial score (nSPS) is 15.0. The molecular weight excluding hydrogens is 458 g/mol. The molecule has 0 aromatic carbocycles. The van der Waals surface area contributed by atoms with Crippen LogP contribution in [0.3, 0.4) is 0 Å². The average Bonchev–Trinajstić information content (AvgIpc) is 3.53. The van der Waals surface area contributed by atoms with Gasteiger partial charge in [0.15, 0.2) is 0 Å². The number of aromatic amines is 2. The minimum Gasteiger partial charge on any atom is -0.378 e. The maximum atomic E-state index is 13.4. The highest BCUT2D eigenvalue weighted by atomic mass is 16.5. The highest BCUT2D eigenvalue weighted by Crippen LogP contribution is 2.33. The molecule has 0 aliphatic carbocycles. The maximum Gasteiger partial charge on any atom is 0.261 e. The van der Waals surface area contributed by atoms with Crippen LogP contribution >= 0.6 is 0 Å². The van der Waals surface area contributed by atoms with Crippen molar-refractivity contribution in [3.05, 3.63) is 58.9 Å². The van der Waals surface area contributed by atoms with Gasteiger partial charge in [-0.25, -0.2) is 9.97 Å². The van der Waals surface area contributed by atoms with Crippen molar-refractivity contribution in [2.24, 2.45) is 0 Å². The summed E-state index contributed by atoms with van der Waals surface area (Å²) >= 11 is 0. The van der Waals surface area contributed by atoms with Gasteiger partial charge in [-0.15, -0.1) is 0 Å². The van der Waals surface area contributed by atoms with Gasteiger partial charge in [-0.3, -0.25) is 14.5 Å². The molecule has 6 heterocycles. The van der Waals surface area contributed by atoms with E-state index in [-0.39, 0.29) is 11.6 Å². The minimum absolute atomic E-state index is 0.166. The fraction of sp³-hybridized carbons (Fsp3) is 0.320. The van der Waals surface area contributed by atoms with Crippen LogP contribution in [0.1, 0.15) is 25.6 Å². The van der Waals surface area contributed by atoms with Crippen LogP contribution in [0.5, 0.6) is 0 Å². The molecule has 0 spiro atoms. The van der Waals surface area contributed by atoms with Gasteiger partial charge in [-0.2, -0.15) is 5.10 Å². The number of nitrogens with one attached hydrogen (secondary N) is 3. The molecule has 11 heteroatoms. The number of aryl methyl sites for hydroxylation is 1. The van der Waals surface area contributed by atoms with Gasteiger partial charge in [0.05, 0.1) is 47.9 Å². The van der Waals surface area contributed by atoms with E-state index in [9.17, 15) is 4.79 Å². The topological polar surface area (TPSA) is 130 Å². The Morgan fingerprint density at radius 2 is 2.03 bits per heavy atom. The van der Waals surface area contributed by atoms with Crippen molar-refractivity contribution >= 4 is 33.6 Å². The summed E-state index contributed by atoms with van der Waals surface area (Å²) in [6.45, 7) is 7.63. The van der Waals surface area contributed by atoms with E-state index in [0.29, 0.717) is 53.4 Å². The SMILES string of the molecule is CCn1cc2[nH]c(=O)c(-c3nc4cnc(N5CCOCC5)cc4[nH]3)c(N[C@@H](C)c3ccccn3)c2n1. The fourth-order valence-electron chi connectivity index (χ4n) is 4.55. The van der Waals surface area contributed by atoms with Crippen LogP contribution in [0.2, 0.25) is 0 Å². The molecule has 0 saturated carbocycles. The lowest BCUT2D eigenvalue weighted by Crippen LogP contribution is -2.36. The van der Waals surface area contributed by atoms with Crippen molar-refractivity contribution in [1.29, 1.82) is 0 Å². The van der Waals surface area contributed by atoms with Gasteiger partial charge in [0, 0.05) is 38.1 Å². The average molecular weight is 486 g/mol. The van der Waals surface area contributed by atoms with Crippen molar-refractivity contribution in [1.82, 2.24) is 34.7 Å². The van der Waals surface area contributed by atoms with E-state index in [2.05, 4.69) is 30.2 Å². The molecule has 5 aromatic heterocycles. The highest BCUT2D eigenvalue weighted by Gasteiger charge is 2.23. The molecule has 1 saturated heterocycles. The predicted molar refractivity (Wildman–Crippen MR) is 138 cm³/mol. The van der Waals surface area contributed by atoms with Gasteiger partial charge < -0.3 is 24.9 Å². The third-order valence-corrected chi connectivity index (χ3v) is 6.47. The second-order valence-corrected chi connectivity index (χ2v) is 8.82. The van der Waals surface area contributed by atoms with E-state index in [1.54, 1.807) is 17.1 Å². The van der Waals surface area contributed by atoms with Gasteiger partial charge in [0.2, 0.25) is 0 Å². The molecule has 3 N–H and O–H groups in total. The first kappa shape index (κ1) is 22.2. The summed E-state index contributed by atoms with van der Waals surface area (Å²) in [5.41, 5.74) is 4.43. The van der Waals surface area contributed by atoms with E-state index in [1.165, 1.54) is 0 Å². The number of rotatable bonds is 6. The molecule has 0 radical (unpaired) electrons. The number of hydrogen-bond acceptors (Lipinski definition) is 8. The molecule has 1 fully saturated rings. The number of hydrogen-bond donors (Lipinski definition) is 3. The van der Waals surface area contributed by atoms with Crippen LogP contribution in [0.25, 0.3) is 33.5 Å². The number of H-pyrrole nitrogens is 2. The number of ether oxygens (including phenoxy) is 1. The zero-order valence-corrected chi connectivity index (χ0v) is 20.2. The lowest BCUT2D eigenvalue weighted by Gasteiger charge is -2.27. The van der Waals surface area contributed by atoms with Gasteiger partial charge >= 0.3 is 0 Å².